The van der Waals surface area contributed by atoms with E-state index in [-0.39, 0.29) is 0 Å². The van der Waals surface area contributed by atoms with E-state index in [1.807, 2.05) is 0 Å². The molecule has 0 bridgehead atoms. The summed E-state index contributed by atoms with van der Waals surface area (Å²) in [6, 6.07) is 0. The van der Waals surface area contributed by atoms with Crippen LogP contribution in [0.1, 0.15) is 44.9 Å². The zero-order valence-corrected chi connectivity index (χ0v) is 11.9. The maximum Gasteiger partial charge on any atom is 0.226 e. The molecule has 2 saturated carbocycles. The highest BCUT2D eigenvalue weighted by Gasteiger charge is 2.56. The molecule has 2 unspecified atom stereocenters. The van der Waals surface area contributed by atoms with Crippen LogP contribution in [0.5, 0.6) is 0 Å². The van der Waals surface area contributed by atoms with Crippen molar-refractivity contribution in [3.05, 3.63) is 0 Å². The molecule has 2 saturated heterocycles. The smallest absolute Gasteiger partial charge is 0.226 e. The van der Waals surface area contributed by atoms with Crippen LogP contribution in [0.15, 0.2) is 0 Å². The largest absolute Gasteiger partial charge is 0.342 e. The maximum atomic E-state index is 12.7. The zero-order chi connectivity index (χ0) is 12.9. The van der Waals surface area contributed by atoms with Crippen molar-refractivity contribution in [2.75, 3.05) is 26.2 Å². The lowest BCUT2D eigenvalue weighted by atomic mass is 9.78. The molecule has 4 rings (SSSR count). The molecule has 1 amide bonds. The Labute approximate surface area is 116 Å². The second-order valence-electron chi connectivity index (χ2n) is 7.40. The lowest BCUT2D eigenvalue weighted by molar-refractivity contribution is -0.132. The SMILES string of the molecule is O=C(C1C2CCCCC21)N1CCC2(CCNCC2)C1. The minimum absolute atomic E-state index is 0.430. The molecule has 1 spiro atoms. The molecule has 0 radical (unpaired) electrons. The first-order valence-corrected chi connectivity index (χ1v) is 8.29. The monoisotopic (exact) mass is 262 g/mol. The van der Waals surface area contributed by atoms with Gasteiger partial charge < -0.3 is 10.2 Å². The van der Waals surface area contributed by atoms with E-state index in [1.165, 1.54) is 44.9 Å². The van der Waals surface area contributed by atoms with Gasteiger partial charge in [-0.25, -0.2) is 0 Å². The van der Waals surface area contributed by atoms with Crippen LogP contribution in [0.25, 0.3) is 0 Å². The van der Waals surface area contributed by atoms with Crippen LogP contribution >= 0.6 is 0 Å². The number of amides is 1. The molecule has 2 atom stereocenters. The number of carbonyl (C=O) groups excluding carboxylic acids is 1. The Morgan fingerprint density at radius 3 is 2.42 bits per heavy atom. The highest BCUT2D eigenvalue weighted by atomic mass is 16.2. The quantitative estimate of drug-likeness (QED) is 0.784. The van der Waals surface area contributed by atoms with Crippen LogP contribution in [-0.2, 0) is 4.79 Å². The second kappa shape index (κ2) is 4.47. The molecular weight excluding hydrogens is 236 g/mol. The first-order valence-electron chi connectivity index (χ1n) is 8.29. The lowest BCUT2D eigenvalue weighted by Crippen LogP contribution is -2.40. The van der Waals surface area contributed by atoms with E-state index in [2.05, 4.69) is 10.2 Å². The highest BCUT2D eigenvalue weighted by Crippen LogP contribution is 2.56. The summed E-state index contributed by atoms with van der Waals surface area (Å²) in [7, 11) is 0. The number of nitrogens with one attached hydrogen (secondary N) is 1. The fourth-order valence-electron chi connectivity index (χ4n) is 5.06. The molecule has 0 aromatic heterocycles. The van der Waals surface area contributed by atoms with Gasteiger partial charge in [0.2, 0.25) is 5.91 Å². The first-order chi connectivity index (χ1) is 9.29. The van der Waals surface area contributed by atoms with E-state index in [0.29, 0.717) is 17.2 Å². The molecule has 3 nitrogen and oxygen atoms in total. The van der Waals surface area contributed by atoms with E-state index in [1.54, 1.807) is 0 Å². The fourth-order valence-corrected chi connectivity index (χ4v) is 5.06. The molecule has 2 heterocycles. The molecule has 2 aliphatic carbocycles. The summed E-state index contributed by atoms with van der Waals surface area (Å²) in [5.41, 5.74) is 0.473. The minimum Gasteiger partial charge on any atom is -0.342 e. The molecule has 0 aromatic rings. The summed E-state index contributed by atoms with van der Waals surface area (Å²) in [6.07, 6.45) is 9.17. The van der Waals surface area contributed by atoms with Crippen molar-refractivity contribution in [2.45, 2.75) is 44.9 Å². The predicted molar refractivity (Wildman–Crippen MR) is 74.7 cm³/mol. The summed E-state index contributed by atoms with van der Waals surface area (Å²) < 4.78 is 0. The third-order valence-electron chi connectivity index (χ3n) is 6.36. The van der Waals surface area contributed by atoms with Gasteiger partial charge in [0.25, 0.3) is 0 Å². The van der Waals surface area contributed by atoms with E-state index in [0.717, 1.165) is 38.0 Å². The van der Waals surface area contributed by atoms with Gasteiger partial charge in [0, 0.05) is 19.0 Å². The normalized spacial score (nSPS) is 40.2. The van der Waals surface area contributed by atoms with Crippen LogP contribution in [0, 0.1) is 23.2 Å². The van der Waals surface area contributed by atoms with Crippen LogP contribution in [0.3, 0.4) is 0 Å². The second-order valence-corrected chi connectivity index (χ2v) is 7.40. The Morgan fingerprint density at radius 2 is 1.74 bits per heavy atom. The average Bonchev–Trinajstić information content (AvgIpc) is 3.05. The Hall–Kier alpha value is -0.570. The standard InChI is InChI=1S/C16H26N2O/c19-15(14-12-3-1-2-4-13(12)14)18-10-7-16(11-18)5-8-17-9-6-16/h12-14,17H,1-11H2. The topological polar surface area (TPSA) is 32.3 Å². The maximum absolute atomic E-state index is 12.7. The Morgan fingerprint density at radius 1 is 1.05 bits per heavy atom. The van der Waals surface area contributed by atoms with E-state index in [9.17, 15) is 4.79 Å². The molecule has 3 heteroatoms. The summed E-state index contributed by atoms with van der Waals surface area (Å²) in [5, 5.41) is 3.45. The Kier molecular flexibility index (Phi) is 2.87. The molecule has 4 aliphatic rings. The molecule has 1 N–H and O–H groups in total. The van der Waals surface area contributed by atoms with Gasteiger partial charge in [0.1, 0.15) is 0 Å². The van der Waals surface area contributed by atoms with Gasteiger partial charge in [-0.3, -0.25) is 4.79 Å². The van der Waals surface area contributed by atoms with E-state index >= 15 is 0 Å². The van der Waals surface area contributed by atoms with Gasteiger partial charge >= 0.3 is 0 Å². The summed E-state index contributed by atoms with van der Waals surface area (Å²) in [5.74, 6) is 2.49. The molecular formula is C16H26N2O. The average molecular weight is 262 g/mol. The predicted octanol–water partition coefficient (Wildman–Crippen LogP) is 2.02. The molecule has 19 heavy (non-hydrogen) atoms. The number of likely N-dealkylation sites (tertiary alicyclic amines) is 1. The van der Waals surface area contributed by atoms with Gasteiger partial charge in [-0.15, -0.1) is 0 Å². The number of fused-ring (bicyclic) bond motifs is 1. The van der Waals surface area contributed by atoms with Gasteiger partial charge in [-0.1, -0.05) is 12.8 Å². The number of hydrogen-bond acceptors (Lipinski definition) is 2. The number of nitrogens with zero attached hydrogens (tertiary/aromatic N) is 1. The van der Waals surface area contributed by atoms with Gasteiger partial charge in [-0.05, 0) is 62.4 Å². The van der Waals surface area contributed by atoms with Gasteiger partial charge in [0.15, 0.2) is 0 Å². The number of rotatable bonds is 1. The Balaban J connectivity index is 1.39. The number of piperidine rings is 1. The van der Waals surface area contributed by atoms with Crippen LogP contribution < -0.4 is 5.32 Å². The Bertz CT molecular complexity index is 363. The van der Waals surface area contributed by atoms with E-state index in [4.69, 9.17) is 0 Å². The minimum atomic E-state index is 0.430. The summed E-state index contributed by atoms with van der Waals surface area (Å²) in [4.78, 5) is 14.9. The van der Waals surface area contributed by atoms with Crippen molar-refractivity contribution in [1.82, 2.24) is 10.2 Å². The molecule has 106 valence electrons. The number of carbonyl (C=O) groups is 1. The zero-order valence-electron chi connectivity index (χ0n) is 11.9. The first kappa shape index (κ1) is 12.2. The number of hydrogen-bond donors (Lipinski definition) is 1. The molecule has 0 aromatic carbocycles. The summed E-state index contributed by atoms with van der Waals surface area (Å²) in [6.45, 7) is 4.39. The van der Waals surface area contributed by atoms with Gasteiger partial charge in [0.05, 0.1) is 0 Å². The third kappa shape index (κ3) is 2.01. The highest BCUT2D eigenvalue weighted by molar-refractivity contribution is 5.82. The van der Waals surface area contributed by atoms with Crippen molar-refractivity contribution < 1.29 is 4.79 Å². The van der Waals surface area contributed by atoms with Crippen LogP contribution in [-0.4, -0.2) is 37.0 Å². The molecule has 2 aliphatic heterocycles. The fraction of sp³-hybridized carbons (Fsp3) is 0.938. The van der Waals surface area contributed by atoms with Crippen molar-refractivity contribution in [3.63, 3.8) is 0 Å². The summed E-state index contributed by atoms with van der Waals surface area (Å²) >= 11 is 0. The van der Waals surface area contributed by atoms with Crippen molar-refractivity contribution in [3.8, 4) is 0 Å². The van der Waals surface area contributed by atoms with Gasteiger partial charge in [-0.2, -0.15) is 0 Å². The van der Waals surface area contributed by atoms with E-state index < -0.39 is 0 Å². The third-order valence-corrected chi connectivity index (χ3v) is 6.36. The van der Waals surface area contributed by atoms with Crippen molar-refractivity contribution in [1.29, 1.82) is 0 Å². The van der Waals surface area contributed by atoms with Crippen molar-refractivity contribution in [2.24, 2.45) is 23.2 Å². The molecule has 4 fully saturated rings. The van der Waals surface area contributed by atoms with Crippen LogP contribution in [0.2, 0.25) is 0 Å². The van der Waals surface area contributed by atoms with Crippen LogP contribution in [0.4, 0.5) is 0 Å². The van der Waals surface area contributed by atoms with Crippen molar-refractivity contribution >= 4 is 5.91 Å². The lowest BCUT2D eigenvalue weighted by Gasteiger charge is -2.33.